The number of ether oxygens (including phenoxy) is 2. The fourth-order valence-electron chi connectivity index (χ4n) is 3.08. The number of methoxy groups -OCH3 is 1. The molecular weight excluding hydrogens is 332 g/mol. The van der Waals surface area contributed by atoms with Crippen molar-refractivity contribution in [3.05, 3.63) is 42.2 Å². The second kappa shape index (κ2) is 8.03. The van der Waals surface area contributed by atoms with E-state index < -0.39 is 0 Å². The molecule has 2 aromatic rings. The third kappa shape index (κ3) is 3.87. The molecule has 0 N–H and O–H groups in total. The van der Waals surface area contributed by atoms with Gasteiger partial charge in [-0.25, -0.2) is 9.97 Å². The van der Waals surface area contributed by atoms with Crippen molar-refractivity contribution < 1.29 is 14.3 Å². The quantitative estimate of drug-likeness (QED) is 0.818. The number of hydrogen-bond donors (Lipinski definition) is 0. The van der Waals surface area contributed by atoms with E-state index in [4.69, 9.17) is 9.47 Å². The summed E-state index contributed by atoms with van der Waals surface area (Å²) in [7, 11) is 5.37. The van der Waals surface area contributed by atoms with Gasteiger partial charge >= 0.3 is 0 Å². The lowest BCUT2D eigenvalue weighted by molar-refractivity contribution is 0.0525. The van der Waals surface area contributed by atoms with Crippen LogP contribution in [0.15, 0.2) is 36.7 Å². The first kappa shape index (κ1) is 18.0. The van der Waals surface area contributed by atoms with Crippen LogP contribution in [0.1, 0.15) is 23.2 Å². The molecule has 1 atom stereocenters. The van der Waals surface area contributed by atoms with Crippen molar-refractivity contribution in [2.75, 3.05) is 39.2 Å². The molecular formula is C19H24N4O3. The van der Waals surface area contributed by atoms with Crippen molar-refractivity contribution in [3.63, 3.8) is 0 Å². The molecule has 1 aromatic heterocycles. The number of carbonyl (C=O) groups excluding carboxylic acids is 1. The Hall–Kier alpha value is -2.83. The van der Waals surface area contributed by atoms with Crippen LogP contribution in [0.2, 0.25) is 0 Å². The van der Waals surface area contributed by atoms with E-state index in [1.54, 1.807) is 31.6 Å². The van der Waals surface area contributed by atoms with Gasteiger partial charge in [-0.1, -0.05) is 12.1 Å². The number of para-hydroxylation sites is 1. The topological polar surface area (TPSA) is 67.8 Å². The number of nitrogens with zero attached hydrogens (tertiary/aromatic N) is 4. The van der Waals surface area contributed by atoms with Gasteiger partial charge in [0, 0.05) is 33.0 Å². The van der Waals surface area contributed by atoms with Gasteiger partial charge in [-0.2, -0.15) is 0 Å². The summed E-state index contributed by atoms with van der Waals surface area (Å²) in [5.74, 6) is 1.72. The number of anilines is 1. The highest BCUT2D eigenvalue weighted by Gasteiger charge is 2.28. The predicted octanol–water partition coefficient (Wildman–Crippen LogP) is 2.23. The minimum absolute atomic E-state index is 0.0391. The number of likely N-dealkylation sites (tertiary alicyclic amines) is 1. The zero-order chi connectivity index (χ0) is 18.5. The van der Waals surface area contributed by atoms with E-state index in [1.807, 2.05) is 36.0 Å². The number of benzene rings is 1. The third-order valence-electron chi connectivity index (χ3n) is 4.35. The van der Waals surface area contributed by atoms with E-state index in [0.29, 0.717) is 36.1 Å². The Balaban J connectivity index is 1.73. The van der Waals surface area contributed by atoms with Crippen LogP contribution < -0.4 is 14.4 Å². The summed E-state index contributed by atoms with van der Waals surface area (Å²) in [5.41, 5.74) is 0.573. The number of piperidine rings is 1. The zero-order valence-electron chi connectivity index (χ0n) is 15.4. The predicted molar refractivity (Wildman–Crippen MR) is 98.9 cm³/mol. The second-order valence-electron chi connectivity index (χ2n) is 6.41. The molecule has 1 amide bonds. The van der Waals surface area contributed by atoms with Crippen LogP contribution in [0, 0.1) is 0 Å². The summed E-state index contributed by atoms with van der Waals surface area (Å²) in [6.07, 6.45) is 4.89. The van der Waals surface area contributed by atoms with Crippen molar-refractivity contribution >= 4 is 11.7 Å². The Morgan fingerprint density at radius 3 is 2.77 bits per heavy atom. The van der Waals surface area contributed by atoms with Crippen molar-refractivity contribution in [1.29, 1.82) is 0 Å². The van der Waals surface area contributed by atoms with E-state index in [9.17, 15) is 4.79 Å². The molecule has 1 aliphatic heterocycles. The number of aromatic nitrogens is 2. The summed E-state index contributed by atoms with van der Waals surface area (Å²) >= 11 is 0. The van der Waals surface area contributed by atoms with Gasteiger partial charge in [0.25, 0.3) is 11.8 Å². The molecule has 138 valence electrons. The van der Waals surface area contributed by atoms with Crippen LogP contribution in [0.4, 0.5) is 5.82 Å². The minimum atomic E-state index is -0.113. The van der Waals surface area contributed by atoms with Gasteiger partial charge in [0.2, 0.25) is 0 Å². The van der Waals surface area contributed by atoms with Crippen LogP contribution in [-0.2, 0) is 0 Å². The molecule has 2 heterocycles. The molecule has 0 radical (unpaired) electrons. The molecule has 0 saturated carbocycles. The second-order valence-corrected chi connectivity index (χ2v) is 6.41. The van der Waals surface area contributed by atoms with Crippen molar-refractivity contribution in [2.45, 2.75) is 18.9 Å². The first-order valence-electron chi connectivity index (χ1n) is 8.67. The summed E-state index contributed by atoms with van der Waals surface area (Å²) < 4.78 is 11.4. The van der Waals surface area contributed by atoms with Gasteiger partial charge in [-0.05, 0) is 25.0 Å². The first-order valence-corrected chi connectivity index (χ1v) is 8.67. The highest BCUT2D eigenvalue weighted by atomic mass is 16.5. The van der Waals surface area contributed by atoms with E-state index >= 15 is 0 Å². The Bertz CT molecular complexity index is 766. The van der Waals surface area contributed by atoms with Crippen LogP contribution in [0.3, 0.4) is 0 Å². The van der Waals surface area contributed by atoms with Crippen LogP contribution in [0.5, 0.6) is 11.6 Å². The average molecular weight is 356 g/mol. The van der Waals surface area contributed by atoms with Crippen molar-refractivity contribution in [1.82, 2.24) is 14.9 Å². The highest BCUT2D eigenvalue weighted by Crippen LogP contribution is 2.26. The number of amides is 1. The van der Waals surface area contributed by atoms with E-state index in [2.05, 4.69) is 9.97 Å². The van der Waals surface area contributed by atoms with E-state index in [0.717, 1.165) is 12.8 Å². The number of rotatable bonds is 5. The molecule has 0 bridgehead atoms. The summed E-state index contributed by atoms with van der Waals surface area (Å²) in [5, 5.41) is 0. The Labute approximate surface area is 153 Å². The summed E-state index contributed by atoms with van der Waals surface area (Å²) in [4.78, 5) is 25.2. The van der Waals surface area contributed by atoms with Crippen molar-refractivity contribution in [3.8, 4) is 11.6 Å². The number of carbonyl (C=O) groups is 1. The molecule has 1 saturated heterocycles. The molecule has 7 heteroatoms. The SMILES string of the molecule is COc1ccccc1C(=O)N1CCCC(Oc2nccnc2N(C)C)C1. The molecule has 0 spiro atoms. The van der Waals surface area contributed by atoms with Gasteiger partial charge in [0.15, 0.2) is 5.82 Å². The van der Waals surface area contributed by atoms with Gasteiger partial charge in [0.05, 0.1) is 19.2 Å². The van der Waals surface area contributed by atoms with E-state index in [1.165, 1.54) is 0 Å². The fraction of sp³-hybridized carbons (Fsp3) is 0.421. The third-order valence-corrected chi connectivity index (χ3v) is 4.35. The largest absolute Gasteiger partial charge is 0.496 e. The first-order chi connectivity index (χ1) is 12.6. The molecule has 1 aromatic carbocycles. The minimum Gasteiger partial charge on any atom is -0.496 e. The summed E-state index contributed by atoms with van der Waals surface area (Å²) in [6, 6.07) is 7.29. The molecule has 26 heavy (non-hydrogen) atoms. The lowest BCUT2D eigenvalue weighted by atomic mass is 10.1. The van der Waals surface area contributed by atoms with E-state index in [-0.39, 0.29) is 12.0 Å². The zero-order valence-corrected chi connectivity index (χ0v) is 15.4. The normalized spacial score (nSPS) is 16.9. The molecule has 7 nitrogen and oxygen atoms in total. The van der Waals surface area contributed by atoms with Crippen LogP contribution >= 0.6 is 0 Å². The maximum Gasteiger partial charge on any atom is 0.257 e. The fourth-order valence-corrected chi connectivity index (χ4v) is 3.08. The molecule has 1 fully saturated rings. The van der Waals surface area contributed by atoms with Gasteiger partial charge in [-0.3, -0.25) is 4.79 Å². The van der Waals surface area contributed by atoms with Gasteiger partial charge in [-0.15, -0.1) is 0 Å². The highest BCUT2D eigenvalue weighted by molar-refractivity contribution is 5.97. The monoisotopic (exact) mass is 356 g/mol. The van der Waals surface area contributed by atoms with Crippen LogP contribution in [0.25, 0.3) is 0 Å². The average Bonchev–Trinajstić information content (AvgIpc) is 2.68. The Kier molecular flexibility index (Phi) is 5.55. The van der Waals surface area contributed by atoms with Gasteiger partial charge in [0.1, 0.15) is 11.9 Å². The molecule has 0 aliphatic carbocycles. The number of hydrogen-bond acceptors (Lipinski definition) is 6. The Morgan fingerprint density at radius 1 is 1.23 bits per heavy atom. The standard InChI is InChI=1S/C19H24N4O3/c1-22(2)17-18(21-11-10-20-17)26-14-7-6-12-23(13-14)19(24)15-8-4-5-9-16(15)25-3/h4-5,8-11,14H,6-7,12-13H2,1-3H3. The van der Waals surface area contributed by atoms with Crippen LogP contribution in [-0.4, -0.2) is 61.2 Å². The molecule has 1 unspecified atom stereocenters. The van der Waals surface area contributed by atoms with Crippen molar-refractivity contribution in [2.24, 2.45) is 0 Å². The lowest BCUT2D eigenvalue weighted by Gasteiger charge is -2.33. The maximum atomic E-state index is 12.9. The molecule has 3 rings (SSSR count). The Morgan fingerprint density at radius 2 is 2.00 bits per heavy atom. The summed E-state index contributed by atoms with van der Waals surface area (Å²) in [6.45, 7) is 1.22. The lowest BCUT2D eigenvalue weighted by Crippen LogP contribution is -2.44. The van der Waals surface area contributed by atoms with Gasteiger partial charge < -0.3 is 19.3 Å². The maximum absolute atomic E-state index is 12.9. The smallest absolute Gasteiger partial charge is 0.257 e. The molecule has 1 aliphatic rings.